The first kappa shape index (κ1) is 20.4. The number of rotatable bonds is 4. The Balaban J connectivity index is 1.93. The minimum absolute atomic E-state index is 0.0683. The molecule has 5 nitrogen and oxygen atoms in total. The first-order valence-corrected chi connectivity index (χ1v) is 12.2. The van der Waals surface area contributed by atoms with Crippen LogP contribution in [-0.2, 0) is 21.1 Å². The number of unbranched alkanes of at least 4 members (excludes halogenated alkanes) is 1. The van der Waals surface area contributed by atoms with Crippen LogP contribution in [0.3, 0.4) is 0 Å². The van der Waals surface area contributed by atoms with Crippen molar-refractivity contribution in [2.75, 3.05) is 16.4 Å². The third kappa shape index (κ3) is 4.57. The van der Waals surface area contributed by atoms with Gasteiger partial charge in [-0.2, -0.15) is 4.99 Å². The lowest BCUT2D eigenvalue weighted by atomic mass is 9.96. The van der Waals surface area contributed by atoms with E-state index in [1.54, 1.807) is 0 Å². The minimum Gasteiger partial charge on any atom is -0.316 e. The maximum Gasteiger partial charge on any atom is 0.253 e. The van der Waals surface area contributed by atoms with Crippen molar-refractivity contribution < 1.29 is 13.2 Å². The fraction of sp³-hybridized carbons (Fsp3) is 0.600. The summed E-state index contributed by atoms with van der Waals surface area (Å²) >= 11 is 1.42. The van der Waals surface area contributed by atoms with Crippen molar-refractivity contribution in [2.24, 2.45) is 10.4 Å². The molecule has 0 spiro atoms. The van der Waals surface area contributed by atoms with Crippen LogP contribution >= 0.6 is 11.8 Å². The third-order valence-electron chi connectivity index (χ3n) is 4.94. The van der Waals surface area contributed by atoms with E-state index in [1.165, 1.54) is 17.3 Å². The first-order valence-electron chi connectivity index (χ1n) is 9.49. The van der Waals surface area contributed by atoms with E-state index in [0.29, 0.717) is 5.17 Å². The maximum atomic E-state index is 12.5. The molecule has 1 aromatic rings. The Kier molecular flexibility index (Phi) is 5.73. The second-order valence-electron chi connectivity index (χ2n) is 8.39. The molecule has 0 bridgehead atoms. The monoisotopic (exact) mass is 408 g/mol. The molecule has 27 heavy (non-hydrogen) atoms. The Labute approximate surface area is 166 Å². The lowest BCUT2D eigenvalue weighted by molar-refractivity contribution is -0.124. The van der Waals surface area contributed by atoms with Gasteiger partial charge in [-0.25, -0.2) is 8.42 Å². The Morgan fingerprint density at radius 1 is 1.22 bits per heavy atom. The molecule has 0 aromatic heterocycles. The fourth-order valence-electron chi connectivity index (χ4n) is 3.33. The predicted molar refractivity (Wildman–Crippen MR) is 113 cm³/mol. The van der Waals surface area contributed by atoms with E-state index in [2.05, 4.69) is 24.0 Å². The number of aliphatic imine (C=N–C) groups is 1. The first-order chi connectivity index (χ1) is 12.6. The van der Waals surface area contributed by atoms with Crippen molar-refractivity contribution in [1.82, 2.24) is 0 Å². The molecule has 1 amide bonds. The summed E-state index contributed by atoms with van der Waals surface area (Å²) in [5.74, 6) is 0.0820. The Hall–Kier alpha value is -1.34. The summed E-state index contributed by atoms with van der Waals surface area (Å²) in [5.41, 5.74) is 1.62. The average molecular weight is 409 g/mol. The number of amidine groups is 1. The number of nitrogens with zero attached hydrogens (tertiary/aromatic N) is 2. The van der Waals surface area contributed by atoms with Crippen LogP contribution in [0.2, 0.25) is 0 Å². The van der Waals surface area contributed by atoms with Gasteiger partial charge in [0.1, 0.15) is 0 Å². The summed E-state index contributed by atoms with van der Waals surface area (Å²) in [7, 11) is -3.05. The second kappa shape index (κ2) is 7.59. The number of amides is 1. The fourth-order valence-corrected chi connectivity index (χ4v) is 7.24. The Bertz CT molecular complexity index is 839. The van der Waals surface area contributed by atoms with Crippen LogP contribution in [0.5, 0.6) is 0 Å². The standard InChI is InChI=1S/C20H28N2O3S2/c1-5-6-7-14-8-10-15(11-9-14)22-16-12-27(24,25)13-17(16)26-19(22)21-18(23)20(2,3)4/h8-11,16-17H,5-7,12-13H2,1-4H3/t16-,17+/m1/s1. The summed E-state index contributed by atoms with van der Waals surface area (Å²) in [4.78, 5) is 18.8. The zero-order chi connectivity index (χ0) is 19.8. The summed E-state index contributed by atoms with van der Waals surface area (Å²) in [6.07, 6.45) is 3.34. The molecule has 3 rings (SSSR count). The lowest BCUT2D eigenvalue weighted by Crippen LogP contribution is -2.38. The smallest absolute Gasteiger partial charge is 0.253 e. The molecule has 2 atom stereocenters. The van der Waals surface area contributed by atoms with Gasteiger partial charge < -0.3 is 4.90 Å². The minimum atomic E-state index is -3.05. The normalized spacial score (nSPS) is 25.8. The van der Waals surface area contributed by atoms with Crippen molar-refractivity contribution in [3.63, 3.8) is 0 Å². The van der Waals surface area contributed by atoms with Gasteiger partial charge in [-0.3, -0.25) is 4.79 Å². The number of hydrogen-bond acceptors (Lipinski definition) is 4. The van der Waals surface area contributed by atoms with E-state index in [9.17, 15) is 13.2 Å². The van der Waals surface area contributed by atoms with Crippen LogP contribution in [0, 0.1) is 5.41 Å². The van der Waals surface area contributed by atoms with Crippen LogP contribution in [0.4, 0.5) is 5.69 Å². The molecule has 0 aliphatic carbocycles. The van der Waals surface area contributed by atoms with Crippen LogP contribution in [0.15, 0.2) is 29.3 Å². The van der Waals surface area contributed by atoms with Crippen molar-refractivity contribution in [3.8, 4) is 0 Å². The lowest BCUT2D eigenvalue weighted by Gasteiger charge is -2.25. The second-order valence-corrected chi connectivity index (χ2v) is 11.8. The Morgan fingerprint density at radius 2 is 1.89 bits per heavy atom. The summed E-state index contributed by atoms with van der Waals surface area (Å²) in [6, 6.07) is 8.07. The molecule has 0 unspecified atom stereocenters. The largest absolute Gasteiger partial charge is 0.316 e. The van der Waals surface area contributed by atoms with Crippen LogP contribution in [0.25, 0.3) is 0 Å². The molecular formula is C20H28N2O3S2. The van der Waals surface area contributed by atoms with Gasteiger partial charge in [0.2, 0.25) is 0 Å². The molecule has 2 aliphatic rings. The molecular weight excluding hydrogens is 380 g/mol. The Morgan fingerprint density at radius 3 is 2.48 bits per heavy atom. The number of benzene rings is 1. The quantitative estimate of drug-likeness (QED) is 0.760. The molecule has 0 saturated carbocycles. The molecule has 2 aliphatic heterocycles. The highest BCUT2D eigenvalue weighted by Crippen LogP contribution is 2.41. The van der Waals surface area contributed by atoms with E-state index < -0.39 is 15.3 Å². The molecule has 1 aromatic carbocycles. The van der Waals surface area contributed by atoms with Gasteiger partial charge in [0.15, 0.2) is 15.0 Å². The number of fused-ring (bicyclic) bond motifs is 1. The molecule has 2 fully saturated rings. The van der Waals surface area contributed by atoms with Gasteiger partial charge in [-0.1, -0.05) is 58.0 Å². The zero-order valence-corrected chi connectivity index (χ0v) is 18.1. The van der Waals surface area contributed by atoms with Crippen LogP contribution in [0.1, 0.15) is 46.1 Å². The van der Waals surface area contributed by atoms with Crippen LogP contribution in [-0.4, -0.2) is 42.3 Å². The van der Waals surface area contributed by atoms with Crippen molar-refractivity contribution >= 4 is 38.4 Å². The van der Waals surface area contributed by atoms with Gasteiger partial charge in [0, 0.05) is 16.4 Å². The highest BCUT2D eigenvalue weighted by atomic mass is 32.2. The molecule has 0 N–H and O–H groups in total. The molecule has 2 saturated heterocycles. The van der Waals surface area contributed by atoms with Crippen molar-refractivity contribution in [2.45, 2.75) is 58.2 Å². The average Bonchev–Trinajstić information content (AvgIpc) is 3.03. The van der Waals surface area contributed by atoms with Gasteiger partial charge in [0.05, 0.1) is 17.5 Å². The number of aryl methyl sites for hydroxylation is 1. The number of hydrogen-bond donors (Lipinski definition) is 0. The number of anilines is 1. The van der Waals surface area contributed by atoms with Gasteiger partial charge in [-0.15, -0.1) is 0 Å². The van der Waals surface area contributed by atoms with E-state index in [4.69, 9.17) is 0 Å². The number of carbonyl (C=O) groups excluding carboxylic acids is 1. The number of sulfone groups is 1. The highest BCUT2D eigenvalue weighted by molar-refractivity contribution is 8.16. The van der Waals surface area contributed by atoms with Gasteiger partial charge >= 0.3 is 0 Å². The maximum absolute atomic E-state index is 12.5. The number of carbonyl (C=O) groups is 1. The number of thioether (sulfide) groups is 1. The predicted octanol–water partition coefficient (Wildman–Crippen LogP) is 3.68. The topological polar surface area (TPSA) is 66.8 Å². The van der Waals surface area contributed by atoms with Gasteiger partial charge in [-0.05, 0) is 30.5 Å². The van der Waals surface area contributed by atoms with E-state index in [1.807, 2.05) is 37.8 Å². The van der Waals surface area contributed by atoms with E-state index in [0.717, 1.165) is 24.9 Å². The summed E-state index contributed by atoms with van der Waals surface area (Å²) in [6.45, 7) is 7.71. The molecule has 7 heteroatoms. The molecule has 0 radical (unpaired) electrons. The van der Waals surface area contributed by atoms with Crippen LogP contribution < -0.4 is 4.90 Å². The van der Waals surface area contributed by atoms with E-state index in [-0.39, 0.29) is 28.7 Å². The molecule has 2 heterocycles. The molecule has 148 valence electrons. The van der Waals surface area contributed by atoms with Crippen molar-refractivity contribution in [1.29, 1.82) is 0 Å². The highest BCUT2D eigenvalue weighted by Gasteiger charge is 2.49. The zero-order valence-electron chi connectivity index (χ0n) is 16.4. The van der Waals surface area contributed by atoms with E-state index >= 15 is 0 Å². The van der Waals surface area contributed by atoms with Crippen molar-refractivity contribution in [3.05, 3.63) is 29.8 Å². The summed E-state index contributed by atoms with van der Waals surface area (Å²) in [5, 5.41) is 0.558. The van der Waals surface area contributed by atoms with Gasteiger partial charge in [0.25, 0.3) is 5.91 Å². The third-order valence-corrected chi connectivity index (χ3v) is 8.15. The SMILES string of the molecule is CCCCc1ccc(N2C(=NC(=O)C(C)(C)C)S[C@H]3CS(=O)(=O)C[C@H]32)cc1. The summed E-state index contributed by atoms with van der Waals surface area (Å²) < 4.78 is 24.3.